The van der Waals surface area contributed by atoms with Crippen molar-refractivity contribution in [2.75, 3.05) is 24.6 Å². The fourth-order valence-electron chi connectivity index (χ4n) is 2.48. The Kier molecular flexibility index (Phi) is 4.60. The summed E-state index contributed by atoms with van der Waals surface area (Å²) < 4.78 is 1.96. The maximum atomic E-state index is 12.3. The molecule has 1 aliphatic rings. The summed E-state index contributed by atoms with van der Waals surface area (Å²) in [5.74, 6) is 2.47. The summed E-state index contributed by atoms with van der Waals surface area (Å²) in [5.41, 5.74) is 2.13. The molecule has 1 fully saturated rings. The standard InChI is InChI=1S/C16H19N3OS/c20-16(18-7-1-10-21-11-9-18)12-14-2-4-15(5-3-14)19-8-6-17-13-19/h2-6,8,13H,1,7,9-12H2. The van der Waals surface area contributed by atoms with Gasteiger partial charge >= 0.3 is 0 Å². The van der Waals surface area contributed by atoms with E-state index < -0.39 is 0 Å². The number of benzene rings is 1. The lowest BCUT2D eigenvalue weighted by Crippen LogP contribution is -2.34. The Morgan fingerprint density at radius 3 is 2.81 bits per heavy atom. The van der Waals surface area contributed by atoms with Crippen molar-refractivity contribution >= 4 is 17.7 Å². The third-order valence-corrected chi connectivity index (χ3v) is 4.72. The average Bonchev–Trinajstić information content (AvgIpc) is 2.90. The minimum absolute atomic E-state index is 0.243. The molecule has 0 atom stereocenters. The van der Waals surface area contributed by atoms with Crippen molar-refractivity contribution in [1.82, 2.24) is 14.5 Å². The Hall–Kier alpha value is -1.75. The first kappa shape index (κ1) is 14.2. The Bertz CT molecular complexity index is 572. The quantitative estimate of drug-likeness (QED) is 0.873. The van der Waals surface area contributed by atoms with Gasteiger partial charge in [-0.3, -0.25) is 4.79 Å². The highest BCUT2D eigenvalue weighted by Crippen LogP contribution is 2.13. The molecule has 2 aromatic rings. The first-order chi connectivity index (χ1) is 10.3. The molecule has 1 saturated heterocycles. The van der Waals surface area contributed by atoms with E-state index in [0.717, 1.165) is 36.5 Å². The normalized spacial score (nSPS) is 15.7. The first-order valence-corrected chi connectivity index (χ1v) is 8.41. The van der Waals surface area contributed by atoms with Crippen molar-refractivity contribution in [2.24, 2.45) is 0 Å². The molecule has 3 rings (SSSR count). The van der Waals surface area contributed by atoms with E-state index in [0.29, 0.717) is 6.42 Å². The molecule has 0 aliphatic carbocycles. The van der Waals surface area contributed by atoms with Crippen LogP contribution < -0.4 is 0 Å². The fourth-order valence-corrected chi connectivity index (χ4v) is 3.37. The molecule has 0 bridgehead atoms. The van der Waals surface area contributed by atoms with Crippen LogP contribution in [0, 0.1) is 0 Å². The van der Waals surface area contributed by atoms with Crippen molar-refractivity contribution < 1.29 is 4.79 Å². The van der Waals surface area contributed by atoms with Gasteiger partial charge in [0.1, 0.15) is 0 Å². The molecule has 1 aliphatic heterocycles. The van der Waals surface area contributed by atoms with Crippen LogP contribution >= 0.6 is 11.8 Å². The maximum Gasteiger partial charge on any atom is 0.227 e. The second-order valence-electron chi connectivity index (χ2n) is 5.16. The van der Waals surface area contributed by atoms with Crippen molar-refractivity contribution in [2.45, 2.75) is 12.8 Å². The second kappa shape index (κ2) is 6.80. The number of nitrogens with zero attached hydrogens (tertiary/aromatic N) is 3. The van der Waals surface area contributed by atoms with Gasteiger partial charge in [0.25, 0.3) is 0 Å². The number of imidazole rings is 1. The second-order valence-corrected chi connectivity index (χ2v) is 6.38. The molecule has 0 N–H and O–H groups in total. The van der Waals surface area contributed by atoms with Crippen LogP contribution in [-0.4, -0.2) is 45.0 Å². The Labute approximate surface area is 129 Å². The largest absolute Gasteiger partial charge is 0.342 e. The number of aromatic nitrogens is 2. The predicted octanol–water partition coefficient (Wildman–Crippen LogP) is 2.38. The lowest BCUT2D eigenvalue weighted by Gasteiger charge is -2.20. The zero-order chi connectivity index (χ0) is 14.5. The minimum Gasteiger partial charge on any atom is -0.342 e. The van der Waals surface area contributed by atoms with E-state index in [1.807, 2.05) is 51.7 Å². The van der Waals surface area contributed by atoms with Crippen LogP contribution in [0.3, 0.4) is 0 Å². The van der Waals surface area contributed by atoms with Crippen LogP contribution in [-0.2, 0) is 11.2 Å². The van der Waals surface area contributed by atoms with Gasteiger partial charge in [-0.2, -0.15) is 11.8 Å². The van der Waals surface area contributed by atoms with Gasteiger partial charge in [-0.1, -0.05) is 12.1 Å². The zero-order valence-corrected chi connectivity index (χ0v) is 12.8. The van der Waals surface area contributed by atoms with E-state index in [-0.39, 0.29) is 5.91 Å². The topological polar surface area (TPSA) is 38.1 Å². The lowest BCUT2D eigenvalue weighted by atomic mass is 10.1. The van der Waals surface area contributed by atoms with Gasteiger partial charge in [-0.25, -0.2) is 4.98 Å². The number of hydrogen-bond donors (Lipinski definition) is 0. The summed E-state index contributed by atoms with van der Waals surface area (Å²) in [7, 11) is 0. The van der Waals surface area contributed by atoms with Crippen LogP contribution in [0.4, 0.5) is 0 Å². The van der Waals surface area contributed by atoms with Gasteiger partial charge < -0.3 is 9.47 Å². The molecule has 5 heteroatoms. The summed E-state index contributed by atoms with van der Waals surface area (Å²) in [6.07, 6.45) is 7.05. The Morgan fingerprint density at radius 2 is 2.05 bits per heavy atom. The molecule has 4 nitrogen and oxygen atoms in total. The molecule has 1 aromatic carbocycles. The van der Waals surface area contributed by atoms with E-state index >= 15 is 0 Å². The molecule has 21 heavy (non-hydrogen) atoms. The van der Waals surface area contributed by atoms with Crippen LogP contribution in [0.15, 0.2) is 43.0 Å². The van der Waals surface area contributed by atoms with Crippen molar-refractivity contribution in [1.29, 1.82) is 0 Å². The van der Waals surface area contributed by atoms with Crippen LogP contribution in [0.2, 0.25) is 0 Å². The van der Waals surface area contributed by atoms with Crippen molar-refractivity contribution in [3.63, 3.8) is 0 Å². The molecular weight excluding hydrogens is 282 g/mol. The first-order valence-electron chi connectivity index (χ1n) is 7.26. The average molecular weight is 301 g/mol. The summed E-state index contributed by atoms with van der Waals surface area (Å²) in [6.45, 7) is 1.79. The number of hydrogen-bond acceptors (Lipinski definition) is 3. The zero-order valence-electron chi connectivity index (χ0n) is 11.9. The van der Waals surface area contributed by atoms with Crippen LogP contribution in [0.25, 0.3) is 5.69 Å². The Balaban J connectivity index is 1.63. The molecule has 0 radical (unpaired) electrons. The molecule has 110 valence electrons. The molecule has 2 heterocycles. The van der Waals surface area contributed by atoms with Gasteiger partial charge in [0.05, 0.1) is 12.7 Å². The van der Waals surface area contributed by atoms with Crippen LogP contribution in [0.1, 0.15) is 12.0 Å². The molecule has 1 amide bonds. The van der Waals surface area contributed by atoms with Gasteiger partial charge in [0.15, 0.2) is 0 Å². The van der Waals surface area contributed by atoms with Crippen molar-refractivity contribution in [3.05, 3.63) is 48.5 Å². The van der Waals surface area contributed by atoms with Gasteiger partial charge in [-0.15, -0.1) is 0 Å². The third kappa shape index (κ3) is 3.67. The molecule has 1 aromatic heterocycles. The molecule has 0 unspecified atom stereocenters. The van der Waals surface area contributed by atoms with Gasteiger partial charge in [0, 0.05) is 36.9 Å². The molecular formula is C16H19N3OS. The monoisotopic (exact) mass is 301 g/mol. The van der Waals surface area contributed by atoms with E-state index in [1.165, 1.54) is 5.75 Å². The van der Waals surface area contributed by atoms with Gasteiger partial charge in [-0.05, 0) is 29.9 Å². The number of carbonyl (C=O) groups is 1. The summed E-state index contributed by atoms with van der Waals surface area (Å²) in [5, 5.41) is 0. The minimum atomic E-state index is 0.243. The smallest absolute Gasteiger partial charge is 0.227 e. The van der Waals surface area contributed by atoms with E-state index in [2.05, 4.69) is 4.98 Å². The predicted molar refractivity (Wildman–Crippen MR) is 85.8 cm³/mol. The highest BCUT2D eigenvalue weighted by molar-refractivity contribution is 7.99. The highest BCUT2D eigenvalue weighted by Gasteiger charge is 2.15. The number of thioether (sulfide) groups is 1. The third-order valence-electron chi connectivity index (χ3n) is 3.67. The summed E-state index contributed by atoms with van der Waals surface area (Å²) >= 11 is 1.94. The number of carbonyl (C=O) groups excluding carboxylic acids is 1. The van der Waals surface area contributed by atoms with E-state index in [9.17, 15) is 4.79 Å². The molecule has 0 saturated carbocycles. The van der Waals surface area contributed by atoms with Crippen molar-refractivity contribution in [3.8, 4) is 5.69 Å². The Morgan fingerprint density at radius 1 is 1.19 bits per heavy atom. The van der Waals surface area contributed by atoms with Gasteiger partial charge in [0.2, 0.25) is 5.91 Å². The van der Waals surface area contributed by atoms with Crippen LogP contribution in [0.5, 0.6) is 0 Å². The van der Waals surface area contributed by atoms with E-state index in [1.54, 1.807) is 12.5 Å². The number of rotatable bonds is 3. The highest BCUT2D eigenvalue weighted by atomic mass is 32.2. The molecule has 0 spiro atoms. The summed E-state index contributed by atoms with van der Waals surface area (Å²) in [6, 6.07) is 8.12. The lowest BCUT2D eigenvalue weighted by molar-refractivity contribution is -0.130. The maximum absolute atomic E-state index is 12.3. The SMILES string of the molecule is O=C(Cc1ccc(-n2ccnc2)cc1)N1CCCSCC1. The summed E-state index contributed by atoms with van der Waals surface area (Å²) in [4.78, 5) is 18.4. The fraction of sp³-hybridized carbons (Fsp3) is 0.375. The number of amides is 1. The van der Waals surface area contributed by atoms with E-state index in [4.69, 9.17) is 0 Å².